The largest absolute Gasteiger partial charge is 0.397 e. The van der Waals surface area contributed by atoms with Crippen molar-refractivity contribution in [1.29, 1.82) is 0 Å². The van der Waals surface area contributed by atoms with E-state index in [1.165, 1.54) is 0 Å². The molecule has 0 aliphatic carbocycles. The average molecular weight is 265 g/mol. The van der Waals surface area contributed by atoms with Crippen molar-refractivity contribution in [3.8, 4) is 0 Å². The Labute approximate surface area is 114 Å². The van der Waals surface area contributed by atoms with Crippen molar-refractivity contribution in [3.05, 3.63) is 23.8 Å². The number of rotatable bonds is 6. The minimum Gasteiger partial charge on any atom is -0.397 e. The zero-order valence-corrected chi connectivity index (χ0v) is 11.7. The van der Waals surface area contributed by atoms with Gasteiger partial charge in [0.15, 0.2) is 0 Å². The molecule has 0 radical (unpaired) electrons. The number of nitrogens with two attached hydrogens (primary N) is 1. The van der Waals surface area contributed by atoms with Crippen LogP contribution in [0.4, 0.5) is 11.4 Å². The van der Waals surface area contributed by atoms with Crippen LogP contribution < -0.4 is 16.4 Å². The maximum Gasteiger partial charge on any atom is 0.251 e. The normalized spacial score (nSPS) is 12.3. The Bertz CT molecular complexity index is 433. The molecule has 0 bridgehead atoms. The molecule has 1 rings (SSSR count). The Morgan fingerprint density at radius 1 is 1.42 bits per heavy atom. The van der Waals surface area contributed by atoms with Crippen molar-refractivity contribution in [2.45, 2.75) is 26.3 Å². The molecule has 0 heterocycles. The quantitative estimate of drug-likeness (QED) is 0.586. The van der Waals surface area contributed by atoms with E-state index in [9.17, 15) is 4.79 Å². The van der Waals surface area contributed by atoms with Gasteiger partial charge in [-0.05, 0) is 30.5 Å². The standard InChI is InChI=1S/C14H23N3O2/c1-9(2)12(6-7-18)17-13-5-4-10(8-11(13)15)14(19)16-3/h4-5,8-9,12,17-18H,6-7,15H2,1-3H3,(H,16,19). The molecule has 1 atom stereocenters. The first-order valence-electron chi connectivity index (χ1n) is 6.48. The van der Waals surface area contributed by atoms with Gasteiger partial charge in [0.1, 0.15) is 0 Å². The van der Waals surface area contributed by atoms with E-state index < -0.39 is 0 Å². The first kappa shape index (κ1) is 15.3. The summed E-state index contributed by atoms with van der Waals surface area (Å²) in [5.74, 6) is 0.221. The van der Waals surface area contributed by atoms with Gasteiger partial charge < -0.3 is 21.5 Å². The lowest BCUT2D eigenvalue weighted by Gasteiger charge is -2.23. The molecule has 0 saturated heterocycles. The van der Waals surface area contributed by atoms with Crippen LogP contribution in [0.15, 0.2) is 18.2 Å². The Morgan fingerprint density at radius 3 is 2.58 bits per heavy atom. The minimum atomic E-state index is -0.158. The molecule has 0 fully saturated rings. The molecular weight excluding hydrogens is 242 g/mol. The molecule has 5 nitrogen and oxygen atoms in total. The molecule has 0 spiro atoms. The van der Waals surface area contributed by atoms with Crippen molar-refractivity contribution in [1.82, 2.24) is 5.32 Å². The SMILES string of the molecule is CNC(=O)c1ccc(NC(CCO)C(C)C)c(N)c1. The summed E-state index contributed by atoms with van der Waals surface area (Å²) in [5.41, 5.74) is 7.81. The van der Waals surface area contributed by atoms with Gasteiger partial charge in [-0.25, -0.2) is 0 Å². The molecule has 5 heteroatoms. The molecule has 0 aliphatic rings. The molecular formula is C14H23N3O2. The lowest BCUT2D eigenvalue weighted by molar-refractivity contribution is 0.0963. The first-order valence-corrected chi connectivity index (χ1v) is 6.48. The number of hydrogen-bond acceptors (Lipinski definition) is 4. The average Bonchev–Trinajstić information content (AvgIpc) is 2.39. The lowest BCUT2D eigenvalue weighted by Crippen LogP contribution is -2.27. The summed E-state index contributed by atoms with van der Waals surface area (Å²) in [6.45, 7) is 4.30. The van der Waals surface area contributed by atoms with Crippen molar-refractivity contribution in [3.63, 3.8) is 0 Å². The number of nitrogen functional groups attached to an aromatic ring is 1. The highest BCUT2D eigenvalue weighted by Gasteiger charge is 2.14. The number of aliphatic hydroxyl groups excluding tert-OH is 1. The minimum absolute atomic E-state index is 0.131. The Morgan fingerprint density at radius 2 is 2.11 bits per heavy atom. The number of benzene rings is 1. The molecule has 1 aromatic carbocycles. The molecule has 1 unspecified atom stereocenters. The van der Waals surface area contributed by atoms with Crippen molar-refractivity contribution >= 4 is 17.3 Å². The highest BCUT2D eigenvalue weighted by atomic mass is 16.3. The van der Waals surface area contributed by atoms with Gasteiger partial charge in [0.05, 0.1) is 11.4 Å². The summed E-state index contributed by atoms with van der Waals surface area (Å²) in [7, 11) is 1.58. The second kappa shape index (κ2) is 6.99. The molecule has 0 saturated carbocycles. The van der Waals surface area contributed by atoms with Gasteiger partial charge in [-0.2, -0.15) is 0 Å². The van der Waals surface area contributed by atoms with Crippen LogP contribution in [0.1, 0.15) is 30.6 Å². The fourth-order valence-electron chi connectivity index (χ4n) is 1.89. The summed E-state index contributed by atoms with van der Waals surface area (Å²) in [4.78, 5) is 11.5. The fourth-order valence-corrected chi connectivity index (χ4v) is 1.89. The first-order chi connectivity index (χ1) is 8.99. The van der Waals surface area contributed by atoms with Gasteiger partial charge in [-0.3, -0.25) is 4.79 Å². The van der Waals surface area contributed by atoms with Crippen LogP contribution in [-0.2, 0) is 0 Å². The smallest absolute Gasteiger partial charge is 0.251 e. The second-order valence-corrected chi connectivity index (χ2v) is 4.89. The molecule has 1 aromatic rings. The van der Waals surface area contributed by atoms with Crippen molar-refractivity contribution < 1.29 is 9.90 Å². The third kappa shape index (κ3) is 4.13. The van der Waals surface area contributed by atoms with E-state index in [-0.39, 0.29) is 18.6 Å². The summed E-state index contributed by atoms with van der Waals surface area (Å²) in [6.07, 6.45) is 0.661. The Kier molecular flexibility index (Phi) is 5.63. The maximum absolute atomic E-state index is 11.5. The van der Waals surface area contributed by atoms with Gasteiger partial charge in [0.25, 0.3) is 5.91 Å². The Balaban J connectivity index is 2.87. The lowest BCUT2D eigenvalue weighted by atomic mass is 10.0. The number of anilines is 2. The second-order valence-electron chi connectivity index (χ2n) is 4.89. The molecule has 106 valence electrons. The Hall–Kier alpha value is -1.75. The van der Waals surface area contributed by atoms with Gasteiger partial charge in [0, 0.05) is 25.3 Å². The van der Waals surface area contributed by atoms with E-state index >= 15 is 0 Å². The van der Waals surface area contributed by atoms with Gasteiger partial charge in [-0.1, -0.05) is 13.8 Å². The summed E-state index contributed by atoms with van der Waals surface area (Å²) in [6, 6.07) is 5.33. The highest BCUT2D eigenvalue weighted by Crippen LogP contribution is 2.23. The third-order valence-corrected chi connectivity index (χ3v) is 3.13. The summed E-state index contributed by atoms with van der Waals surface area (Å²) in [5, 5.41) is 14.9. The van der Waals surface area contributed by atoms with E-state index in [0.717, 1.165) is 5.69 Å². The third-order valence-electron chi connectivity index (χ3n) is 3.13. The van der Waals surface area contributed by atoms with Crippen LogP contribution in [0, 0.1) is 5.92 Å². The van der Waals surface area contributed by atoms with E-state index in [0.29, 0.717) is 23.6 Å². The van der Waals surface area contributed by atoms with Crippen molar-refractivity contribution in [2.24, 2.45) is 5.92 Å². The molecule has 0 aliphatic heterocycles. The highest BCUT2D eigenvalue weighted by molar-refractivity contribution is 5.95. The number of amides is 1. The van der Waals surface area contributed by atoms with E-state index in [4.69, 9.17) is 10.8 Å². The summed E-state index contributed by atoms with van der Waals surface area (Å²) >= 11 is 0. The number of hydrogen-bond donors (Lipinski definition) is 4. The van der Waals surface area contributed by atoms with E-state index in [2.05, 4.69) is 24.5 Å². The number of nitrogens with one attached hydrogen (secondary N) is 2. The topological polar surface area (TPSA) is 87.4 Å². The molecule has 0 aromatic heterocycles. The van der Waals surface area contributed by atoms with Crippen LogP contribution in [0.25, 0.3) is 0 Å². The van der Waals surface area contributed by atoms with Gasteiger partial charge >= 0.3 is 0 Å². The zero-order chi connectivity index (χ0) is 14.4. The molecule has 19 heavy (non-hydrogen) atoms. The maximum atomic E-state index is 11.5. The number of carbonyl (C=O) groups is 1. The van der Waals surface area contributed by atoms with Crippen LogP contribution in [0.2, 0.25) is 0 Å². The predicted octanol–water partition coefficient (Wildman–Crippen LogP) is 1.45. The van der Waals surface area contributed by atoms with Crippen LogP contribution in [-0.4, -0.2) is 30.7 Å². The number of aliphatic hydroxyl groups is 1. The van der Waals surface area contributed by atoms with Crippen LogP contribution in [0.5, 0.6) is 0 Å². The summed E-state index contributed by atoms with van der Waals surface area (Å²) < 4.78 is 0. The van der Waals surface area contributed by atoms with Gasteiger partial charge in [-0.15, -0.1) is 0 Å². The zero-order valence-electron chi connectivity index (χ0n) is 11.7. The fraction of sp³-hybridized carbons (Fsp3) is 0.500. The monoisotopic (exact) mass is 265 g/mol. The van der Waals surface area contributed by atoms with Crippen LogP contribution >= 0.6 is 0 Å². The van der Waals surface area contributed by atoms with Crippen LogP contribution in [0.3, 0.4) is 0 Å². The van der Waals surface area contributed by atoms with E-state index in [1.807, 2.05) is 0 Å². The number of carbonyl (C=O) groups excluding carboxylic acids is 1. The van der Waals surface area contributed by atoms with Gasteiger partial charge in [0.2, 0.25) is 0 Å². The molecule has 1 amide bonds. The predicted molar refractivity (Wildman–Crippen MR) is 78.2 cm³/mol. The van der Waals surface area contributed by atoms with E-state index in [1.54, 1.807) is 25.2 Å². The molecule has 5 N–H and O–H groups in total. The van der Waals surface area contributed by atoms with Crippen molar-refractivity contribution in [2.75, 3.05) is 24.7 Å².